The number of ether oxygens (including phenoxy) is 2. The molecule has 0 saturated heterocycles. The van der Waals surface area contributed by atoms with Gasteiger partial charge in [-0.05, 0) is 50.7 Å². The molecule has 3 N–H and O–H groups in total. The van der Waals surface area contributed by atoms with E-state index in [9.17, 15) is 0 Å². The maximum Gasteiger partial charge on any atom is 0.122 e. The van der Waals surface area contributed by atoms with Crippen LogP contribution in [-0.2, 0) is 4.74 Å². The molecular formula is C17H28N2O2. The van der Waals surface area contributed by atoms with Crippen molar-refractivity contribution in [2.45, 2.75) is 57.6 Å². The molecule has 1 heterocycles. The Morgan fingerprint density at radius 1 is 1.43 bits per heavy atom. The summed E-state index contributed by atoms with van der Waals surface area (Å²) in [7, 11) is 0. The number of para-hydroxylation sites is 1. The first-order valence-corrected chi connectivity index (χ1v) is 7.96. The number of nitrogens with two attached hydrogens (primary N) is 1. The van der Waals surface area contributed by atoms with Gasteiger partial charge in [0, 0.05) is 6.61 Å². The van der Waals surface area contributed by atoms with Crippen molar-refractivity contribution in [2.75, 3.05) is 13.2 Å². The van der Waals surface area contributed by atoms with Crippen LogP contribution in [0, 0.1) is 0 Å². The Bertz CT molecular complexity index is 452. The van der Waals surface area contributed by atoms with E-state index in [1.165, 1.54) is 5.56 Å². The number of hydrogen-bond acceptors (Lipinski definition) is 4. The lowest BCUT2D eigenvalue weighted by molar-refractivity contribution is -0.0591. The second kappa shape index (κ2) is 7.25. The van der Waals surface area contributed by atoms with Crippen molar-refractivity contribution >= 4 is 0 Å². The SMILES string of the molecule is CCOC(C)(CC)C(CC1CCOc2ccccc21)NN. The van der Waals surface area contributed by atoms with Crippen LogP contribution in [0.25, 0.3) is 0 Å². The fourth-order valence-corrected chi connectivity index (χ4v) is 3.22. The average molecular weight is 292 g/mol. The smallest absolute Gasteiger partial charge is 0.122 e. The third-order valence-corrected chi connectivity index (χ3v) is 4.72. The van der Waals surface area contributed by atoms with Crippen LogP contribution in [0.15, 0.2) is 24.3 Å². The van der Waals surface area contributed by atoms with Crippen LogP contribution < -0.4 is 16.0 Å². The normalized spacial score (nSPS) is 22.0. The first kappa shape index (κ1) is 16.3. The minimum atomic E-state index is -0.239. The molecule has 4 nitrogen and oxygen atoms in total. The number of nitrogens with one attached hydrogen (secondary N) is 1. The van der Waals surface area contributed by atoms with Crippen molar-refractivity contribution in [1.82, 2.24) is 5.43 Å². The molecule has 21 heavy (non-hydrogen) atoms. The zero-order valence-electron chi connectivity index (χ0n) is 13.4. The topological polar surface area (TPSA) is 56.5 Å². The van der Waals surface area contributed by atoms with E-state index < -0.39 is 0 Å². The predicted molar refractivity (Wildman–Crippen MR) is 85.3 cm³/mol. The summed E-state index contributed by atoms with van der Waals surface area (Å²) in [5, 5.41) is 0. The molecule has 3 unspecified atom stereocenters. The van der Waals surface area contributed by atoms with Crippen molar-refractivity contribution in [3.05, 3.63) is 29.8 Å². The summed E-state index contributed by atoms with van der Waals surface area (Å²) in [6, 6.07) is 8.44. The van der Waals surface area contributed by atoms with E-state index in [-0.39, 0.29) is 11.6 Å². The Morgan fingerprint density at radius 2 is 2.19 bits per heavy atom. The number of hydrazine groups is 1. The van der Waals surface area contributed by atoms with Gasteiger partial charge < -0.3 is 9.47 Å². The Kier molecular flexibility index (Phi) is 5.62. The van der Waals surface area contributed by atoms with Crippen molar-refractivity contribution in [2.24, 2.45) is 5.84 Å². The maximum atomic E-state index is 5.99. The van der Waals surface area contributed by atoms with Crippen LogP contribution in [0.1, 0.15) is 51.5 Å². The lowest BCUT2D eigenvalue weighted by Gasteiger charge is -2.39. The van der Waals surface area contributed by atoms with Crippen LogP contribution in [0.5, 0.6) is 5.75 Å². The van der Waals surface area contributed by atoms with Gasteiger partial charge in [0.05, 0.1) is 18.2 Å². The summed E-state index contributed by atoms with van der Waals surface area (Å²) in [5.41, 5.74) is 4.04. The lowest BCUT2D eigenvalue weighted by atomic mass is 9.81. The summed E-state index contributed by atoms with van der Waals surface area (Å²) in [5.74, 6) is 7.31. The van der Waals surface area contributed by atoms with Gasteiger partial charge in [-0.2, -0.15) is 0 Å². The van der Waals surface area contributed by atoms with Gasteiger partial charge in [-0.3, -0.25) is 11.3 Å². The van der Waals surface area contributed by atoms with Gasteiger partial charge in [-0.15, -0.1) is 0 Å². The second-order valence-electron chi connectivity index (χ2n) is 5.93. The van der Waals surface area contributed by atoms with Crippen LogP contribution in [0.2, 0.25) is 0 Å². The first-order valence-electron chi connectivity index (χ1n) is 7.96. The Morgan fingerprint density at radius 3 is 2.86 bits per heavy atom. The molecule has 0 radical (unpaired) electrons. The molecule has 1 aromatic carbocycles. The van der Waals surface area contributed by atoms with Crippen LogP contribution in [0.4, 0.5) is 0 Å². The fourth-order valence-electron chi connectivity index (χ4n) is 3.22. The zero-order chi connectivity index (χ0) is 15.3. The van der Waals surface area contributed by atoms with Crippen LogP contribution in [0.3, 0.4) is 0 Å². The van der Waals surface area contributed by atoms with E-state index in [2.05, 4.69) is 31.4 Å². The van der Waals surface area contributed by atoms with E-state index in [1.54, 1.807) is 0 Å². The molecular weight excluding hydrogens is 264 g/mol. The highest BCUT2D eigenvalue weighted by Gasteiger charge is 2.35. The molecule has 118 valence electrons. The van der Waals surface area contributed by atoms with E-state index >= 15 is 0 Å². The Labute approximate surface area is 128 Å². The Hall–Kier alpha value is -1.10. The van der Waals surface area contributed by atoms with Crippen LogP contribution in [-0.4, -0.2) is 24.9 Å². The highest BCUT2D eigenvalue weighted by Crippen LogP contribution is 2.38. The number of fused-ring (bicyclic) bond motifs is 1. The number of hydrogen-bond donors (Lipinski definition) is 2. The van der Waals surface area contributed by atoms with Crippen molar-refractivity contribution in [3.8, 4) is 5.75 Å². The summed E-state index contributed by atoms with van der Waals surface area (Å²) in [4.78, 5) is 0. The minimum absolute atomic E-state index is 0.124. The molecule has 0 aliphatic carbocycles. The molecule has 2 rings (SSSR count). The minimum Gasteiger partial charge on any atom is -0.493 e. The second-order valence-corrected chi connectivity index (χ2v) is 5.93. The molecule has 3 atom stereocenters. The first-order chi connectivity index (χ1) is 10.1. The quantitative estimate of drug-likeness (QED) is 0.599. The highest BCUT2D eigenvalue weighted by molar-refractivity contribution is 5.37. The monoisotopic (exact) mass is 292 g/mol. The molecule has 0 aromatic heterocycles. The van der Waals surface area contributed by atoms with Crippen molar-refractivity contribution in [3.63, 3.8) is 0 Å². The molecule has 1 aliphatic rings. The average Bonchev–Trinajstić information content (AvgIpc) is 2.52. The summed E-state index contributed by atoms with van der Waals surface area (Å²) in [6.07, 6.45) is 2.92. The van der Waals surface area contributed by atoms with E-state index in [0.29, 0.717) is 12.5 Å². The van der Waals surface area contributed by atoms with E-state index in [1.807, 2.05) is 19.1 Å². The number of rotatable bonds is 7. The molecule has 4 heteroatoms. The third kappa shape index (κ3) is 3.57. The number of benzene rings is 1. The van der Waals surface area contributed by atoms with Gasteiger partial charge in [0.25, 0.3) is 0 Å². The van der Waals surface area contributed by atoms with Gasteiger partial charge >= 0.3 is 0 Å². The summed E-state index contributed by atoms with van der Waals surface area (Å²) >= 11 is 0. The van der Waals surface area contributed by atoms with Crippen LogP contribution >= 0.6 is 0 Å². The fraction of sp³-hybridized carbons (Fsp3) is 0.647. The summed E-state index contributed by atoms with van der Waals surface area (Å²) < 4.78 is 11.7. The van der Waals surface area contributed by atoms with Crippen molar-refractivity contribution in [1.29, 1.82) is 0 Å². The van der Waals surface area contributed by atoms with Gasteiger partial charge in [-0.1, -0.05) is 25.1 Å². The standard InChI is InChI=1S/C17H28N2O2/c1-4-17(3,21-5-2)16(19-18)12-13-10-11-20-15-9-7-6-8-14(13)15/h6-9,13,16,19H,4-5,10-12,18H2,1-3H3. The van der Waals surface area contributed by atoms with Gasteiger partial charge in [0.1, 0.15) is 5.75 Å². The molecule has 0 fully saturated rings. The van der Waals surface area contributed by atoms with Gasteiger partial charge in [0.15, 0.2) is 0 Å². The van der Waals surface area contributed by atoms with Crippen molar-refractivity contribution < 1.29 is 9.47 Å². The zero-order valence-corrected chi connectivity index (χ0v) is 13.4. The third-order valence-electron chi connectivity index (χ3n) is 4.72. The van der Waals surface area contributed by atoms with Gasteiger partial charge in [-0.25, -0.2) is 0 Å². The molecule has 0 amide bonds. The maximum absolute atomic E-state index is 5.99. The molecule has 0 spiro atoms. The molecule has 0 bridgehead atoms. The molecule has 1 aromatic rings. The molecule has 0 saturated carbocycles. The Balaban J connectivity index is 2.16. The van der Waals surface area contributed by atoms with E-state index in [4.69, 9.17) is 15.3 Å². The summed E-state index contributed by atoms with van der Waals surface area (Å²) in [6.45, 7) is 7.80. The predicted octanol–water partition coefficient (Wildman–Crippen LogP) is 2.98. The molecule has 1 aliphatic heterocycles. The highest BCUT2D eigenvalue weighted by atomic mass is 16.5. The lowest BCUT2D eigenvalue weighted by Crippen LogP contribution is -2.53. The largest absolute Gasteiger partial charge is 0.493 e. The van der Waals surface area contributed by atoms with E-state index in [0.717, 1.165) is 31.6 Å². The van der Waals surface area contributed by atoms with Gasteiger partial charge in [0.2, 0.25) is 0 Å².